The van der Waals surface area contributed by atoms with E-state index in [4.69, 9.17) is 4.74 Å². The van der Waals surface area contributed by atoms with Crippen molar-refractivity contribution in [2.75, 3.05) is 13.1 Å². The van der Waals surface area contributed by atoms with Crippen molar-refractivity contribution < 1.29 is 9.53 Å². The fourth-order valence-corrected chi connectivity index (χ4v) is 2.01. The van der Waals surface area contributed by atoms with Gasteiger partial charge in [-0.2, -0.15) is 5.10 Å². The summed E-state index contributed by atoms with van der Waals surface area (Å²) >= 11 is 0. The molecule has 1 amide bonds. The fraction of sp³-hybridized carbons (Fsp3) is 0.692. The van der Waals surface area contributed by atoms with E-state index < -0.39 is 6.09 Å². The lowest BCUT2D eigenvalue weighted by Gasteiger charge is -2.19. The lowest BCUT2D eigenvalue weighted by molar-refractivity contribution is 0.131. The van der Waals surface area contributed by atoms with Gasteiger partial charge in [0.1, 0.15) is 6.61 Å². The molecule has 19 heavy (non-hydrogen) atoms. The van der Waals surface area contributed by atoms with Crippen LogP contribution in [0.4, 0.5) is 4.79 Å². The SMILES string of the molecule is CC(C)(C)NC(=O)OCc1cnn([C@@H]2CCNC2)c1. The number of nitrogens with one attached hydrogen (secondary N) is 2. The number of hydrogen-bond acceptors (Lipinski definition) is 4. The van der Waals surface area contributed by atoms with Gasteiger partial charge in [-0.15, -0.1) is 0 Å². The van der Waals surface area contributed by atoms with E-state index in [0.717, 1.165) is 25.1 Å². The molecular formula is C13H22N4O2. The van der Waals surface area contributed by atoms with Gasteiger partial charge >= 0.3 is 6.09 Å². The molecule has 1 saturated heterocycles. The minimum Gasteiger partial charge on any atom is -0.445 e. The lowest BCUT2D eigenvalue weighted by Crippen LogP contribution is -2.40. The van der Waals surface area contributed by atoms with E-state index in [-0.39, 0.29) is 12.1 Å². The summed E-state index contributed by atoms with van der Waals surface area (Å²) in [7, 11) is 0. The van der Waals surface area contributed by atoms with Gasteiger partial charge in [-0.3, -0.25) is 4.68 Å². The number of nitrogens with zero attached hydrogens (tertiary/aromatic N) is 2. The molecule has 0 radical (unpaired) electrons. The van der Waals surface area contributed by atoms with Gasteiger partial charge in [-0.1, -0.05) is 0 Å². The van der Waals surface area contributed by atoms with Crippen molar-refractivity contribution in [2.24, 2.45) is 0 Å². The van der Waals surface area contributed by atoms with Gasteiger partial charge in [0.05, 0.1) is 12.2 Å². The normalized spacial score (nSPS) is 19.4. The number of alkyl carbamates (subject to hydrolysis) is 1. The number of hydrogen-bond donors (Lipinski definition) is 2. The molecule has 2 heterocycles. The molecule has 0 saturated carbocycles. The van der Waals surface area contributed by atoms with Gasteiger partial charge in [-0.05, 0) is 33.7 Å². The van der Waals surface area contributed by atoms with Crippen LogP contribution in [0.2, 0.25) is 0 Å². The Hall–Kier alpha value is -1.56. The van der Waals surface area contributed by atoms with Crippen LogP contribution in [0.3, 0.4) is 0 Å². The second-order valence-electron chi connectivity index (χ2n) is 5.93. The van der Waals surface area contributed by atoms with Gasteiger partial charge in [-0.25, -0.2) is 4.79 Å². The average Bonchev–Trinajstić information content (AvgIpc) is 2.95. The van der Waals surface area contributed by atoms with Crippen LogP contribution in [0.1, 0.15) is 38.8 Å². The molecule has 2 N–H and O–H groups in total. The number of carbonyl (C=O) groups excluding carboxylic acids is 1. The summed E-state index contributed by atoms with van der Waals surface area (Å²) in [5, 5.41) is 10.4. The van der Waals surface area contributed by atoms with Gasteiger partial charge < -0.3 is 15.4 Å². The van der Waals surface area contributed by atoms with E-state index in [1.54, 1.807) is 6.20 Å². The Kier molecular flexibility index (Phi) is 4.09. The molecule has 2 rings (SSSR count). The summed E-state index contributed by atoms with van der Waals surface area (Å²) in [5.74, 6) is 0. The van der Waals surface area contributed by atoms with Crippen molar-refractivity contribution in [1.29, 1.82) is 0 Å². The predicted molar refractivity (Wildman–Crippen MR) is 71.8 cm³/mol. The summed E-state index contributed by atoms with van der Waals surface area (Å²) < 4.78 is 7.11. The third kappa shape index (κ3) is 4.24. The lowest BCUT2D eigenvalue weighted by atomic mass is 10.1. The molecule has 1 aromatic heterocycles. The standard InChI is InChI=1S/C13H22N4O2/c1-13(2,3)16-12(18)19-9-10-6-15-17(8-10)11-4-5-14-7-11/h6,8,11,14H,4-5,7,9H2,1-3H3,(H,16,18)/t11-/m1/s1. The molecule has 1 aromatic rings. The topological polar surface area (TPSA) is 68.2 Å². The Morgan fingerprint density at radius 1 is 1.63 bits per heavy atom. The van der Waals surface area contributed by atoms with Crippen LogP contribution in [-0.2, 0) is 11.3 Å². The summed E-state index contributed by atoms with van der Waals surface area (Å²) in [6, 6.07) is 0.414. The second-order valence-corrected chi connectivity index (χ2v) is 5.93. The van der Waals surface area contributed by atoms with Crippen molar-refractivity contribution in [3.63, 3.8) is 0 Å². The summed E-state index contributed by atoms with van der Waals surface area (Å²) in [6.07, 6.45) is 4.39. The third-order valence-corrected chi connectivity index (χ3v) is 2.91. The van der Waals surface area contributed by atoms with E-state index in [1.807, 2.05) is 31.6 Å². The molecule has 6 nitrogen and oxygen atoms in total. The van der Waals surface area contributed by atoms with Gasteiger partial charge in [0.25, 0.3) is 0 Å². The molecule has 1 fully saturated rings. The molecule has 0 unspecified atom stereocenters. The largest absolute Gasteiger partial charge is 0.445 e. The molecule has 0 bridgehead atoms. The first-order valence-corrected chi connectivity index (χ1v) is 6.63. The molecule has 106 valence electrons. The molecular weight excluding hydrogens is 244 g/mol. The predicted octanol–water partition coefficient (Wildman–Crippen LogP) is 1.44. The average molecular weight is 266 g/mol. The highest BCUT2D eigenvalue weighted by Gasteiger charge is 2.18. The van der Waals surface area contributed by atoms with Gasteiger partial charge in [0.15, 0.2) is 0 Å². The Balaban J connectivity index is 1.81. The molecule has 1 atom stereocenters. The third-order valence-electron chi connectivity index (χ3n) is 2.91. The summed E-state index contributed by atoms with van der Waals surface area (Å²) in [4.78, 5) is 11.5. The summed E-state index contributed by atoms with van der Waals surface area (Å²) in [5.41, 5.74) is 0.632. The van der Waals surface area contributed by atoms with Crippen LogP contribution in [0.5, 0.6) is 0 Å². The van der Waals surface area contributed by atoms with E-state index in [2.05, 4.69) is 15.7 Å². The molecule has 6 heteroatoms. The molecule has 0 aromatic carbocycles. The van der Waals surface area contributed by atoms with Crippen molar-refractivity contribution in [1.82, 2.24) is 20.4 Å². The monoisotopic (exact) mass is 266 g/mol. The zero-order valence-corrected chi connectivity index (χ0v) is 11.8. The van der Waals surface area contributed by atoms with Crippen LogP contribution in [0, 0.1) is 0 Å². The first-order chi connectivity index (χ1) is 8.94. The van der Waals surface area contributed by atoms with E-state index in [9.17, 15) is 4.79 Å². The molecule has 0 spiro atoms. The molecule has 1 aliphatic rings. The maximum Gasteiger partial charge on any atom is 0.407 e. The highest BCUT2D eigenvalue weighted by Crippen LogP contribution is 2.14. The zero-order chi connectivity index (χ0) is 13.9. The minimum atomic E-state index is -0.400. The van der Waals surface area contributed by atoms with Crippen LogP contribution < -0.4 is 10.6 Å². The van der Waals surface area contributed by atoms with E-state index >= 15 is 0 Å². The van der Waals surface area contributed by atoms with Crippen molar-refractivity contribution in [3.05, 3.63) is 18.0 Å². The first-order valence-electron chi connectivity index (χ1n) is 6.63. The number of carbonyl (C=O) groups is 1. The Labute approximate surface area is 113 Å². The van der Waals surface area contributed by atoms with E-state index in [1.165, 1.54) is 0 Å². The minimum absolute atomic E-state index is 0.252. The van der Waals surface area contributed by atoms with Crippen LogP contribution in [-0.4, -0.2) is 34.5 Å². The maximum absolute atomic E-state index is 11.5. The van der Waals surface area contributed by atoms with E-state index in [0.29, 0.717) is 6.04 Å². The maximum atomic E-state index is 11.5. The van der Waals surface area contributed by atoms with Crippen LogP contribution in [0.15, 0.2) is 12.4 Å². The van der Waals surface area contributed by atoms with Crippen LogP contribution >= 0.6 is 0 Å². The van der Waals surface area contributed by atoms with Crippen LogP contribution in [0.25, 0.3) is 0 Å². The number of rotatable bonds is 3. The van der Waals surface area contributed by atoms with Gasteiger partial charge in [0, 0.05) is 23.8 Å². The van der Waals surface area contributed by atoms with Crippen molar-refractivity contribution in [3.8, 4) is 0 Å². The fourth-order valence-electron chi connectivity index (χ4n) is 2.01. The second kappa shape index (κ2) is 5.61. The van der Waals surface area contributed by atoms with Gasteiger partial charge in [0.2, 0.25) is 0 Å². The first kappa shape index (κ1) is 13.9. The highest BCUT2D eigenvalue weighted by atomic mass is 16.5. The summed E-state index contributed by atoms with van der Waals surface area (Å²) in [6.45, 7) is 7.98. The number of amides is 1. The Morgan fingerprint density at radius 3 is 3.05 bits per heavy atom. The molecule has 1 aliphatic heterocycles. The zero-order valence-electron chi connectivity index (χ0n) is 11.8. The Morgan fingerprint density at radius 2 is 2.42 bits per heavy atom. The Bertz CT molecular complexity index is 430. The quantitative estimate of drug-likeness (QED) is 0.868. The van der Waals surface area contributed by atoms with Crippen molar-refractivity contribution >= 4 is 6.09 Å². The number of ether oxygens (including phenoxy) is 1. The smallest absolute Gasteiger partial charge is 0.407 e. The highest BCUT2D eigenvalue weighted by molar-refractivity contribution is 5.68. The number of aromatic nitrogens is 2. The van der Waals surface area contributed by atoms with Crippen molar-refractivity contribution in [2.45, 2.75) is 45.4 Å². The molecule has 0 aliphatic carbocycles.